The number of nitrogens with two attached hydrogens (primary N) is 1. The molecule has 0 spiro atoms. The molecule has 0 aliphatic rings. The second-order valence-electron chi connectivity index (χ2n) is 4.57. The highest BCUT2D eigenvalue weighted by atomic mass is 19.1. The molecule has 1 heterocycles. The maximum Gasteiger partial charge on any atom is 0.269 e. The zero-order valence-corrected chi connectivity index (χ0v) is 11.5. The normalized spacial score (nSPS) is 10.6. The van der Waals surface area contributed by atoms with Crippen molar-refractivity contribution >= 4 is 11.4 Å². The lowest BCUT2D eigenvalue weighted by Gasteiger charge is -2.16. The summed E-state index contributed by atoms with van der Waals surface area (Å²) in [6.45, 7) is 2.84. The van der Waals surface area contributed by atoms with Gasteiger partial charge in [-0.3, -0.25) is 4.79 Å². The van der Waals surface area contributed by atoms with Crippen molar-refractivity contribution in [1.82, 2.24) is 9.78 Å². The van der Waals surface area contributed by atoms with Crippen LogP contribution in [0.5, 0.6) is 0 Å². The van der Waals surface area contributed by atoms with Crippen LogP contribution in [0.25, 0.3) is 0 Å². The van der Waals surface area contributed by atoms with E-state index in [0.717, 1.165) is 12.2 Å². The molecule has 0 aliphatic heterocycles. The molecule has 0 unspecified atom stereocenters. The molecule has 0 radical (unpaired) electrons. The molecule has 0 fully saturated rings. The minimum absolute atomic E-state index is 0.0844. The van der Waals surface area contributed by atoms with Crippen LogP contribution in [0.1, 0.15) is 12.5 Å². The average molecular weight is 276 g/mol. The zero-order valence-electron chi connectivity index (χ0n) is 11.5. The van der Waals surface area contributed by atoms with E-state index in [1.54, 1.807) is 18.3 Å². The first-order valence-corrected chi connectivity index (χ1v) is 6.33. The Hall–Kier alpha value is -2.37. The summed E-state index contributed by atoms with van der Waals surface area (Å²) >= 11 is 0. The number of anilines is 2. The van der Waals surface area contributed by atoms with Crippen LogP contribution in [-0.4, -0.2) is 23.4 Å². The fraction of sp³-hybridized carbons (Fsp3) is 0.286. The lowest BCUT2D eigenvalue weighted by Crippen LogP contribution is -2.26. The largest absolute Gasteiger partial charge is 0.399 e. The molecule has 1 aromatic heterocycles. The number of aromatic nitrogens is 2. The van der Waals surface area contributed by atoms with Crippen molar-refractivity contribution in [3.8, 4) is 0 Å². The van der Waals surface area contributed by atoms with Crippen LogP contribution in [0.15, 0.2) is 35.3 Å². The van der Waals surface area contributed by atoms with Gasteiger partial charge in [0.05, 0.1) is 18.4 Å². The summed E-state index contributed by atoms with van der Waals surface area (Å²) in [6.07, 6.45) is 1.60. The summed E-state index contributed by atoms with van der Waals surface area (Å²) in [6, 6.07) is 5.89. The summed E-state index contributed by atoms with van der Waals surface area (Å²) in [5.74, 6) is -0.437. The first kappa shape index (κ1) is 14.0. The third-order valence-corrected chi connectivity index (χ3v) is 3.17. The van der Waals surface area contributed by atoms with Crippen LogP contribution < -0.4 is 16.2 Å². The molecule has 0 saturated heterocycles. The topological polar surface area (TPSA) is 64.2 Å². The Bertz CT molecular complexity index is 668. The molecule has 2 aromatic rings. The molecule has 0 aliphatic carbocycles. The Morgan fingerprint density at radius 1 is 1.40 bits per heavy atom. The molecule has 6 heteroatoms. The van der Waals surface area contributed by atoms with Crippen LogP contribution in [0, 0.1) is 5.82 Å². The maximum atomic E-state index is 13.7. The third kappa shape index (κ3) is 2.96. The number of nitrogens with zero attached hydrogens (tertiary/aromatic N) is 3. The molecule has 106 valence electrons. The first-order chi connectivity index (χ1) is 9.51. The highest BCUT2D eigenvalue weighted by molar-refractivity contribution is 5.42. The average Bonchev–Trinajstić information content (AvgIpc) is 2.42. The number of hydrogen-bond acceptors (Lipinski definition) is 4. The maximum absolute atomic E-state index is 13.7. The van der Waals surface area contributed by atoms with E-state index in [0.29, 0.717) is 11.3 Å². The predicted octanol–water partition coefficient (Wildman–Crippen LogP) is 1.47. The van der Waals surface area contributed by atoms with Crippen molar-refractivity contribution in [1.29, 1.82) is 0 Å². The smallest absolute Gasteiger partial charge is 0.269 e. The van der Waals surface area contributed by atoms with Gasteiger partial charge in [0.1, 0.15) is 5.82 Å². The fourth-order valence-electron chi connectivity index (χ4n) is 1.79. The van der Waals surface area contributed by atoms with E-state index in [2.05, 4.69) is 5.10 Å². The summed E-state index contributed by atoms with van der Waals surface area (Å²) < 4.78 is 14.9. The molecule has 5 nitrogen and oxygen atoms in total. The summed E-state index contributed by atoms with van der Waals surface area (Å²) in [7, 11) is 1.88. The number of benzene rings is 1. The highest BCUT2D eigenvalue weighted by Gasteiger charge is 2.07. The molecular formula is C14H17FN4O. The quantitative estimate of drug-likeness (QED) is 0.859. The van der Waals surface area contributed by atoms with Gasteiger partial charge in [-0.2, -0.15) is 5.10 Å². The van der Waals surface area contributed by atoms with Crippen molar-refractivity contribution in [3.63, 3.8) is 0 Å². The molecule has 2 N–H and O–H groups in total. The summed E-state index contributed by atoms with van der Waals surface area (Å²) in [5.41, 5.74) is 6.70. The van der Waals surface area contributed by atoms with Crippen LogP contribution in [-0.2, 0) is 6.54 Å². The van der Waals surface area contributed by atoms with E-state index in [-0.39, 0.29) is 12.1 Å². The monoisotopic (exact) mass is 276 g/mol. The van der Waals surface area contributed by atoms with Gasteiger partial charge in [-0.1, -0.05) is 6.07 Å². The molecule has 20 heavy (non-hydrogen) atoms. The molecule has 0 saturated carbocycles. The van der Waals surface area contributed by atoms with Crippen molar-refractivity contribution < 1.29 is 4.39 Å². The minimum Gasteiger partial charge on any atom is -0.399 e. The van der Waals surface area contributed by atoms with E-state index in [9.17, 15) is 9.18 Å². The standard InChI is InChI=1S/C14H17FN4O/c1-3-18(2)12-7-14(20)19(17-8-12)9-10-4-5-11(16)6-13(10)15/h4-8H,3,9,16H2,1-2H3. The lowest BCUT2D eigenvalue weighted by molar-refractivity contribution is 0.572. The van der Waals surface area contributed by atoms with Gasteiger partial charge >= 0.3 is 0 Å². The Balaban J connectivity index is 2.28. The third-order valence-electron chi connectivity index (χ3n) is 3.17. The number of halogens is 1. The van der Waals surface area contributed by atoms with E-state index in [1.807, 2.05) is 18.9 Å². The Morgan fingerprint density at radius 3 is 2.75 bits per heavy atom. The van der Waals surface area contributed by atoms with Gasteiger partial charge in [-0.25, -0.2) is 9.07 Å². The molecule has 0 amide bonds. The van der Waals surface area contributed by atoms with Crippen LogP contribution in [0.3, 0.4) is 0 Å². The molecule has 1 aromatic carbocycles. The minimum atomic E-state index is -0.437. The van der Waals surface area contributed by atoms with Crippen molar-refractivity contribution in [2.75, 3.05) is 24.2 Å². The molecular weight excluding hydrogens is 259 g/mol. The number of nitrogen functional groups attached to an aromatic ring is 1. The van der Waals surface area contributed by atoms with E-state index in [4.69, 9.17) is 5.73 Å². The van der Waals surface area contributed by atoms with E-state index < -0.39 is 5.82 Å². The van der Waals surface area contributed by atoms with Gasteiger partial charge < -0.3 is 10.6 Å². The van der Waals surface area contributed by atoms with E-state index in [1.165, 1.54) is 16.8 Å². The zero-order chi connectivity index (χ0) is 14.7. The van der Waals surface area contributed by atoms with Crippen molar-refractivity contribution in [3.05, 3.63) is 52.2 Å². The van der Waals surface area contributed by atoms with Gasteiger partial charge in [0.15, 0.2) is 0 Å². The summed E-state index contributed by atoms with van der Waals surface area (Å²) in [4.78, 5) is 13.9. The van der Waals surface area contributed by atoms with Gasteiger partial charge in [0, 0.05) is 30.9 Å². The number of rotatable bonds is 4. The Labute approximate surface area is 116 Å². The van der Waals surface area contributed by atoms with Crippen molar-refractivity contribution in [2.24, 2.45) is 0 Å². The lowest BCUT2D eigenvalue weighted by atomic mass is 10.2. The SMILES string of the molecule is CCN(C)c1cnn(Cc2ccc(N)cc2F)c(=O)c1. The number of hydrogen-bond donors (Lipinski definition) is 1. The van der Waals surface area contributed by atoms with Gasteiger partial charge in [0.25, 0.3) is 5.56 Å². The van der Waals surface area contributed by atoms with Gasteiger partial charge in [-0.05, 0) is 19.1 Å². The fourth-order valence-corrected chi connectivity index (χ4v) is 1.79. The second kappa shape index (κ2) is 5.73. The highest BCUT2D eigenvalue weighted by Crippen LogP contribution is 2.13. The molecule has 0 bridgehead atoms. The first-order valence-electron chi connectivity index (χ1n) is 6.33. The van der Waals surface area contributed by atoms with Gasteiger partial charge in [-0.15, -0.1) is 0 Å². The van der Waals surface area contributed by atoms with Crippen LogP contribution in [0.4, 0.5) is 15.8 Å². The molecule has 0 atom stereocenters. The van der Waals surface area contributed by atoms with Gasteiger partial charge in [0.2, 0.25) is 0 Å². The van der Waals surface area contributed by atoms with Crippen LogP contribution in [0.2, 0.25) is 0 Å². The summed E-state index contributed by atoms with van der Waals surface area (Å²) in [5, 5.41) is 4.07. The Morgan fingerprint density at radius 2 is 2.15 bits per heavy atom. The second-order valence-corrected chi connectivity index (χ2v) is 4.57. The molecule has 2 rings (SSSR count). The Kier molecular flexibility index (Phi) is 4.02. The van der Waals surface area contributed by atoms with Crippen molar-refractivity contribution in [2.45, 2.75) is 13.5 Å². The van der Waals surface area contributed by atoms with Crippen LogP contribution >= 0.6 is 0 Å². The predicted molar refractivity (Wildman–Crippen MR) is 77.4 cm³/mol. The van der Waals surface area contributed by atoms with E-state index >= 15 is 0 Å².